The molecule has 0 saturated heterocycles. The first-order valence-electron chi connectivity index (χ1n) is 7.19. The molecular formula is C16H23NO4. The molecule has 116 valence electrons. The van der Waals surface area contributed by atoms with Gasteiger partial charge in [0.2, 0.25) is 0 Å². The third kappa shape index (κ3) is 5.55. The molecule has 0 heterocycles. The third-order valence-corrected chi connectivity index (χ3v) is 3.73. The molecule has 1 aromatic rings. The lowest BCUT2D eigenvalue weighted by molar-refractivity contribution is -0.155. The zero-order valence-electron chi connectivity index (χ0n) is 12.2. The van der Waals surface area contributed by atoms with Crippen LogP contribution in [0, 0.1) is 11.8 Å². The van der Waals surface area contributed by atoms with Gasteiger partial charge in [-0.05, 0) is 25.3 Å². The van der Waals surface area contributed by atoms with Crippen molar-refractivity contribution in [2.45, 2.75) is 38.6 Å². The average Bonchev–Trinajstić information content (AvgIpc) is 2.48. The molecule has 0 radical (unpaired) electrons. The van der Waals surface area contributed by atoms with Crippen molar-refractivity contribution in [1.29, 1.82) is 0 Å². The topological polar surface area (TPSA) is 101 Å². The lowest BCUT2D eigenvalue weighted by Crippen LogP contribution is -2.32. The van der Waals surface area contributed by atoms with Gasteiger partial charge in [0.25, 0.3) is 0 Å². The maximum absolute atomic E-state index is 10.6. The number of carboxylic acid groups (broad SMARTS) is 2. The van der Waals surface area contributed by atoms with Crippen molar-refractivity contribution in [3.05, 3.63) is 35.9 Å². The Balaban J connectivity index is 0.000000219. The highest BCUT2D eigenvalue weighted by molar-refractivity contribution is 5.80. The molecule has 1 saturated carbocycles. The monoisotopic (exact) mass is 293 g/mol. The van der Waals surface area contributed by atoms with Crippen molar-refractivity contribution in [2.75, 3.05) is 0 Å². The van der Waals surface area contributed by atoms with Crippen molar-refractivity contribution in [2.24, 2.45) is 17.6 Å². The van der Waals surface area contributed by atoms with Gasteiger partial charge in [0.15, 0.2) is 0 Å². The minimum Gasteiger partial charge on any atom is -0.481 e. The van der Waals surface area contributed by atoms with E-state index in [0.29, 0.717) is 12.8 Å². The van der Waals surface area contributed by atoms with Gasteiger partial charge in [-0.3, -0.25) is 9.59 Å². The summed E-state index contributed by atoms with van der Waals surface area (Å²) in [6.07, 6.45) is 2.68. The van der Waals surface area contributed by atoms with E-state index in [1.165, 1.54) is 5.56 Å². The molecule has 5 nitrogen and oxygen atoms in total. The van der Waals surface area contributed by atoms with Crippen LogP contribution in [0.15, 0.2) is 30.3 Å². The highest BCUT2D eigenvalue weighted by atomic mass is 16.4. The van der Waals surface area contributed by atoms with E-state index in [4.69, 9.17) is 15.9 Å². The van der Waals surface area contributed by atoms with Gasteiger partial charge in [-0.25, -0.2) is 0 Å². The number of benzene rings is 1. The number of rotatable bonds is 3. The smallest absolute Gasteiger partial charge is 0.307 e. The summed E-state index contributed by atoms with van der Waals surface area (Å²) in [5.41, 5.74) is 6.81. The molecular weight excluding hydrogens is 270 g/mol. The quantitative estimate of drug-likeness (QED) is 0.795. The summed E-state index contributed by atoms with van der Waals surface area (Å²) in [5.74, 6) is -3.28. The Morgan fingerprint density at radius 3 is 1.76 bits per heavy atom. The number of nitrogens with two attached hydrogens (primary N) is 1. The van der Waals surface area contributed by atoms with Gasteiger partial charge in [0.05, 0.1) is 11.8 Å². The lowest BCUT2D eigenvalue weighted by atomic mass is 9.79. The molecule has 3 atom stereocenters. The van der Waals surface area contributed by atoms with E-state index in [0.717, 1.165) is 12.8 Å². The Labute approximate surface area is 124 Å². The summed E-state index contributed by atoms with van der Waals surface area (Å²) < 4.78 is 0. The van der Waals surface area contributed by atoms with Crippen LogP contribution in [0.4, 0.5) is 0 Å². The van der Waals surface area contributed by atoms with E-state index >= 15 is 0 Å². The van der Waals surface area contributed by atoms with Crippen molar-refractivity contribution >= 4 is 11.9 Å². The second-order valence-electron chi connectivity index (χ2n) is 5.37. The van der Waals surface area contributed by atoms with Crippen LogP contribution < -0.4 is 5.73 Å². The molecule has 0 amide bonds. The summed E-state index contributed by atoms with van der Waals surface area (Å²) in [7, 11) is 0. The van der Waals surface area contributed by atoms with Crippen LogP contribution >= 0.6 is 0 Å². The Hall–Kier alpha value is -1.88. The molecule has 0 spiro atoms. The molecule has 4 N–H and O–H groups in total. The van der Waals surface area contributed by atoms with Crippen LogP contribution in [0.5, 0.6) is 0 Å². The predicted molar refractivity (Wildman–Crippen MR) is 79.8 cm³/mol. The van der Waals surface area contributed by atoms with E-state index in [-0.39, 0.29) is 6.04 Å². The fourth-order valence-corrected chi connectivity index (χ4v) is 2.48. The molecule has 1 aliphatic rings. The minimum absolute atomic E-state index is 0.159. The average molecular weight is 293 g/mol. The zero-order chi connectivity index (χ0) is 15.8. The maximum Gasteiger partial charge on any atom is 0.307 e. The molecule has 0 aliphatic heterocycles. The zero-order valence-corrected chi connectivity index (χ0v) is 12.2. The van der Waals surface area contributed by atoms with Gasteiger partial charge < -0.3 is 15.9 Å². The number of carboxylic acids is 2. The maximum atomic E-state index is 10.6. The second kappa shape index (κ2) is 8.42. The summed E-state index contributed by atoms with van der Waals surface area (Å²) >= 11 is 0. The minimum atomic E-state index is -0.970. The Kier molecular flexibility index (Phi) is 6.88. The third-order valence-electron chi connectivity index (χ3n) is 3.73. The SMILES string of the molecule is C[C@H](N)c1ccccc1.O=C(O)[C@@H]1CCCC[C@H]1C(=O)O. The highest BCUT2D eigenvalue weighted by Gasteiger charge is 2.35. The summed E-state index contributed by atoms with van der Waals surface area (Å²) in [6.45, 7) is 1.98. The van der Waals surface area contributed by atoms with Crippen LogP contribution in [0.1, 0.15) is 44.2 Å². The van der Waals surface area contributed by atoms with Crippen LogP contribution in [-0.2, 0) is 9.59 Å². The predicted octanol–water partition coefficient (Wildman–Crippen LogP) is 2.67. The van der Waals surface area contributed by atoms with Gasteiger partial charge in [0, 0.05) is 6.04 Å². The standard InChI is InChI=1S/C8H11N.C8H12O4/c1-7(9)8-5-3-2-4-6-8;9-7(10)5-3-1-2-4-6(5)8(11)12/h2-7H,9H2,1H3;5-6H,1-4H2,(H,9,10)(H,11,12)/t7-;5-,6-/m01/s1. The van der Waals surface area contributed by atoms with Crippen molar-refractivity contribution in [3.63, 3.8) is 0 Å². The van der Waals surface area contributed by atoms with E-state index in [1.54, 1.807) is 0 Å². The first-order valence-corrected chi connectivity index (χ1v) is 7.19. The first-order chi connectivity index (χ1) is 9.93. The molecule has 2 rings (SSSR count). The fraction of sp³-hybridized carbons (Fsp3) is 0.500. The summed E-state index contributed by atoms with van der Waals surface area (Å²) in [4.78, 5) is 21.2. The van der Waals surface area contributed by atoms with Crippen LogP contribution in [0.2, 0.25) is 0 Å². The fourth-order valence-electron chi connectivity index (χ4n) is 2.48. The number of hydrogen-bond donors (Lipinski definition) is 3. The van der Waals surface area contributed by atoms with E-state index in [9.17, 15) is 9.59 Å². The Bertz CT molecular complexity index is 437. The number of carbonyl (C=O) groups is 2. The van der Waals surface area contributed by atoms with Gasteiger partial charge in [0.1, 0.15) is 0 Å². The number of hydrogen-bond acceptors (Lipinski definition) is 3. The summed E-state index contributed by atoms with van der Waals surface area (Å²) in [5, 5.41) is 17.4. The van der Waals surface area contributed by atoms with E-state index < -0.39 is 23.8 Å². The van der Waals surface area contributed by atoms with Crippen molar-refractivity contribution < 1.29 is 19.8 Å². The van der Waals surface area contributed by atoms with Gasteiger partial charge in [-0.1, -0.05) is 43.2 Å². The summed E-state index contributed by atoms with van der Waals surface area (Å²) in [6, 6.07) is 10.2. The molecule has 1 fully saturated rings. The second-order valence-corrected chi connectivity index (χ2v) is 5.37. The largest absolute Gasteiger partial charge is 0.481 e. The Morgan fingerprint density at radius 2 is 1.48 bits per heavy atom. The lowest BCUT2D eigenvalue weighted by Gasteiger charge is -2.24. The molecule has 1 aliphatic carbocycles. The van der Waals surface area contributed by atoms with Crippen LogP contribution in [0.3, 0.4) is 0 Å². The highest BCUT2D eigenvalue weighted by Crippen LogP contribution is 2.30. The molecule has 5 heteroatoms. The molecule has 0 bridgehead atoms. The first kappa shape index (κ1) is 17.2. The Morgan fingerprint density at radius 1 is 1.05 bits per heavy atom. The van der Waals surface area contributed by atoms with Crippen molar-refractivity contribution in [3.8, 4) is 0 Å². The van der Waals surface area contributed by atoms with Gasteiger partial charge in [-0.15, -0.1) is 0 Å². The van der Waals surface area contributed by atoms with Gasteiger partial charge in [-0.2, -0.15) is 0 Å². The molecule has 0 aromatic heterocycles. The number of aliphatic carboxylic acids is 2. The molecule has 1 aromatic carbocycles. The van der Waals surface area contributed by atoms with Crippen molar-refractivity contribution in [1.82, 2.24) is 0 Å². The van der Waals surface area contributed by atoms with Crippen LogP contribution in [0.25, 0.3) is 0 Å². The molecule has 21 heavy (non-hydrogen) atoms. The van der Waals surface area contributed by atoms with E-state index in [1.807, 2.05) is 37.3 Å². The molecule has 0 unspecified atom stereocenters. The van der Waals surface area contributed by atoms with Gasteiger partial charge >= 0.3 is 11.9 Å². The van der Waals surface area contributed by atoms with Crippen LogP contribution in [-0.4, -0.2) is 22.2 Å². The normalized spacial score (nSPS) is 22.6. The van der Waals surface area contributed by atoms with E-state index in [2.05, 4.69) is 0 Å².